The van der Waals surface area contributed by atoms with E-state index in [1.807, 2.05) is 42.1 Å². The van der Waals surface area contributed by atoms with Crippen molar-refractivity contribution in [3.8, 4) is 0 Å². The molecule has 1 saturated heterocycles. The summed E-state index contributed by atoms with van der Waals surface area (Å²) in [6.07, 6.45) is 2.95. The summed E-state index contributed by atoms with van der Waals surface area (Å²) in [4.78, 5) is 14.4. The summed E-state index contributed by atoms with van der Waals surface area (Å²) in [6, 6.07) is 9.63. The number of benzene rings is 1. The second kappa shape index (κ2) is 7.59. The Labute approximate surface area is 114 Å². The van der Waals surface area contributed by atoms with Crippen LogP contribution >= 0.6 is 11.8 Å². The Morgan fingerprint density at radius 3 is 2.83 bits per heavy atom. The molecule has 0 spiro atoms. The summed E-state index contributed by atoms with van der Waals surface area (Å²) in [5, 5.41) is 0. The van der Waals surface area contributed by atoms with Crippen LogP contribution in [0.3, 0.4) is 0 Å². The van der Waals surface area contributed by atoms with E-state index in [0.29, 0.717) is 6.42 Å². The number of carbonyl (C=O) groups is 1. The molecule has 98 valence electrons. The van der Waals surface area contributed by atoms with E-state index >= 15 is 0 Å². The van der Waals surface area contributed by atoms with Crippen molar-refractivity contribution in [3.05, 3.63) is 35.9 Å². The molecule has 1 aliphatic rings. The van der Waals surface area contributed by atoms with Gasteiger partial charge in [-0.2, -0.15) is 11.8 Å². The fraction of sp³-hybridized carbons (Fsp3) is 0.533. The lowest BCUT2D eigenvalue weighted by atomic mass is 10.1. The first-order chi connectivity index (χ1) is 8.86. The van der Waals surface area contributed by atoms with E-state index in [-0.39, 0.29) is 5.78 Å². The van der Waals surface area contributed by atoms with Gasteiger partial charge in [-0.3, -0.25) is 4.79 Å². The molecule has 1 heterocycles. The maximum absolute atomic E-state index is 11.9. The highest BCUT2D eigenvalue weighted by Gasteiger charge is 2.10. The smallest absolute Gasteiger partial charge is 0.162 e. The van der Waals surface area contributed by atoms with Crippen LogP contribution in [0.4, 0.5) is 0 Å². The Hall–Kier alpha value is -0.800. The van der Waals surface area contributed by atoms with E-state index in [9.17, 15) is 4.79 Å². The molecule has 3 heteroatoms. The van der Waals surface area contributed by atoms with Gasteiger partial charge in [0.15, 0.2) is 5.78 Å². The van der Waals surface area contributed by atoms with Gasteiger partial charge in [-0.1, -0.05) is 30.3 Å². The van der Waals surface area contributed by atoms with Gasteiger partial charge in [0, 0.05) is 24.3 Å². The van der Waals surface area contributed by atoms with E-state index in [0.717, 1.165) is 18.5 Å². The fourth-order valence-corrected chi connectivity index (χ4v) is 3.18. The highest BCUT2D eigenvalue weighted by molar-refractivity contribution is 7.99. The molecule has 1 fully saturated rings. The second-order valence-electron chi connectivity index (χ2n) is 4.70. The first-order valence-electron chi connectivity index (χ1n) is 6.74. The molecule has 2 nitrogen and oxygen atoms in total. The predicted octanol–water partition coefficient (Wildman–Crippen LogP) is 3.09. The van der Waals surface area contributed by atoms with Crippen LogP contribution < -0.4 is 0 Å². The highest BCUT2D eigenvalue weighted by Crippen LogP contribution is 2.11. The van der Waals surface area contributed by atoms with Gasteiger partial charge in [-0.15, -0.1) is 0 Å². The van der Waals surface area contributed by atoms with Gasteiger partial charge in [-0.25, -0.2) is 0 Å². The van der Waals surface area contributed by atoms with Crippen LogP contribution in [0.15, 0.2) is 30.3 Å². The molecule has 0 saturated carbocycles. The van der Waals surface area contributed by atoms with Crippen molar-refractivity contribution in [1.29, 1.82) is 0 Å². The summed E-state index contributed by atoms with van der Waals surface area (Å²) in [5.41, 5.74) is 0.851. The molecule has 0 atom stereocenters. The summed E-state index contributed by atoms with van der Waals surface area (Å²) >= 11 is 2.05. The second-order valence-corrected chi connectivity index (χ2v) is 5.93. The molecular weight excluding hydrogens is 242 g/mol. The molecule has 1 aliphatic heterocycles. The Kier molecular flexibility index (Phi) is 5.75. The van der Waals surface area contributed by atoms with Crippen LogP contribution in [0, 0.1) is 0 Å². The van der Waals surface area contributed by atoms with Crippen molar-refractivity contribution in [3.63, 3.8) is 0 Å². The summed E-state index contributed by atoms with van der Waals surface area (Å²) in [7, 11) is 0. The lowest BCUT2D eigenvalue weighted by Gasteiger charge is -2.18. The lowest BCUT2D eigenvalue weighted by Crippen LogP contribution is -2.27. The molecule has 2 rings (SSSR count). The number of hydrogen-bond acceptors (Lipinski definition) is 3. The van der Waals surface area contributed by atoms with Crippen molar-refractivity contribution in [2.45, 2.75) is 19.3 Å². The Morgan fingerprint density at radius 1 is 1.17 bits per heavy atom. The molecular formula is C15H21NOS. The van der Waals surface area contributed by atoms with Crippen molar-refractivity contribution in [1.82, 2.24) is 4.90 Å². The zero-order valence-electron chi connectivity index (χ0n) is 10.8. The monoisotopic (exact) mass is 263 g/mol. The van der Waals surface area contributed by atoms with Gasteiger partial charge in [0.1, 0.15) is 0 Å². The number of hydrogen-bond donors (Lipinski definition) is 0. The summed E-state index contributed by atoms with van der Waals surface area (Å²) in [5.74, 6) is 2.81. The maximum atomic E-state index is 11.9. The molecule has 0 bridgehead atoms. The molecule has 0 N–H and O–H groups in total. The van der Waals surface area contributed by atoms with Crippen molar-refractivity contribution in [2.75, 3.05) is 31.1 Å². The van der Waals surface area contributed by atoms with Crippen LogP contribution in [0.25, 0.3) is 0 Å². The van der Waals surface area contributed by atoms with Crippen LogP contribution in [0.2, 0.25) is 0 Å². The van der Waals surface area contributed by atoms with Gasteiger partial charge in [0.25, 0.3) is 0 Å². The minimum atomic E-state index is 0.278. The zero-order chi connectivity index (χ0) is 12.6. The Balaban J connectivity index is 1.70. The molecule has 18 heavy (non-hydrogen) atoms. The zero-order valence-corrected chi connectivity index (χ0v) is 11.6. The number of ketones is 1. The van der Waals surface area contributed by atoms with Gasteiger partial charge in [0.2, 0.25) is 0 Å². The first-order valence-corrected chi connectivity index (χ1v) is 7.90. The molecule has 1 aromatic carbocycles. The Bertz CT molecular complexity index is 358. The maximum Gasteiger partial charge on any atom is 0.162 e. The third-order valence-electron chi connectivity index (χ3n) is 3.29. The first kappa shape index (κ1) is 13.6. The van der Waals surface area contributed by atoms with E-state index in [1.54, 1.807) is 0 Å². The predicted molar refractivity (Wildman–Crippen MR) is 78.4 cm³/mol. The van der Waals surface area contributed by atoms with Gasteiger partial charge >= 0.3 is 0 Å². The van der Waals surface area contributed by atoms with E-state index in [1.165, 1.54) is 31.0 Å². The number of nitrogens with zero attached hydrogens (tertiary/aromatic N) is 1. The lowest BCUT2D eigenvalue weighted by molar-refractivity contribution is 0.0975. The van der Waals surface area contributed by atoms with Crippen LogP contribution in [0.5, 0.6) is 0 Å². The van der Waals surface area contributed by atoms with Crippen LogP contribution in [-0.2, 0) is 0 Å². The molecule has 0 unspecified atom stereocenters. The highest BCUT2D eigenvalue weighted by atomic mass is 32.2. The Morgan fingerprint density at radius 2 is 2.00 bits per heavy atom. The normalized spacial score (nSPS) is 17.3. The topological polar surface area (TPSA) is 20.3 Å². The van der Waals surface area contributed by atoms with Gasteiger partial charge < -0.3 is 4.90 Å². The standard InChI is InChI=1S/C15H21NOS/c17-15(14-6-2-1-3-7-14)8-4-9-16-10-5-12-18-13-11-16/h1-3,6-7H,4-5,8-13H2. The fourth-order valence-electron chi connectivity index (χ4n) is 2.25. The third kappa shape index (κ3) is 4.46. The number of carbonyl (C=O) groups excluding carboxylic acids is 1. The van der Waals surface area contributed by atoms with Crippen molar-refractivity contribution < 1.29 is 4.79 Å². The summed E-state index contributed by atoms with van der Waals surface area (Å²) in [6.45, 7) is 3.45. The van der Waals surface area contributed by atoms with Gasteiger partial charge in [0.05, 0.1) is 0 Å². The molecule has 1 aromatic rings. The van der Waals surface area contributed by atoms with Crippen molar-refractivity contribution >= 4 is 17.5 Å². The molecule has 0 aromatic heterocycles. The minimum absolute atomic E-state index is 0.278. The van der Waals surface area contributed by atoms with Crippen molar-refractivity contribution in [2.24, 2.45) is 0 Å². The summed E-state index contributed by atoms with van der Waals surface area (Å²) < 4.78 is 0. The SMILES string of the molecule is O=C(CCCN1CCCSCC1)c1ccccc1. The molecule has 0 aliphatic carbocycles. The van der Waals surface area contributed by atoms with E-state index < -0.39 is 0 Å². The van der Waals surface area contributed by atoms with Crippen LogP contribution in [0.1, 0.15) is 29.6 Å². The van der Waals surface area contributed by atoms with E-state index in [4.69, 9.17) is 0 Å². The van der Waals surface area contributed by atoms with E-state index in [2.05, 4.69) is 4.90 Å². The molecule has 0 amide bonds. The minimum Gasteiger partial charge on any atom is -0.302 e. The quantitative estimate of drug-likeness (QED) is 0.761. The number of rotatable bonds is 5. The third-order valence-corrected chi connectivity index (χ3v) is 4.34. The average Bonchev–Trinajstić information content (AvgIpc) is 2.68. The molecule has 0 radical (unpaired) electrons. The number of Topliss-reactive ketones (excluding diaryl/α,β-unsaturated/α-hetero) is 1. The number of thioether (sulfide) groups is 1. The largest absolute Gasteiger partial charge is 0.302 e. The average molecular weight is 263 g/mol. The van der Waals surface area contributed by atoms with Gasteiger partial charge in [-0.05, 0) is 31.7 Å². The van der Waals surface area contributed by atoms with Crippen LogP contribution in [-0.4, -0.2) is 41.8 Å².